The van der Waals surface area contributed by atoms with Crippen LogP contribution >= 0.6 is 27.5 Å². The van der Waals surface area contributed by atoms with E-state index in [-0.39, 0.29) is 0 Å². The van der Waals surface area contributed by atoms with Crippen molar-refractivity contribution in [3.05, 3.63) is 15.9 Å². The lowest BCUT2D eigenvalue weighted by molar-refractivity contribution is 0.446. The third-order valence-corrected chi connectivity index (χ3v) is 5.27. The molecular formula is C14H22BrClN2. The molecule has 1 heterocycles. The number of aromatic nitrogens is 2. The fourth-order valence-electron chi connectivity index (χ4n) is 2.90. The van der Waals surface area contributed by atoms with E-state index in [0.29, 0.717) is 11.3 Å². The monoisotopic (exact) mass is 332 g/mol. The van der Waals surface area contributed by atoms with Crippen LogP contribution in [0.4, 0.5) is 0 Å². The topological polar surface area (TPSA) is 17.8 Å². The van der Waals surface area contributed by atoms with E-state index in [0.717, 1.165) is 19.3 Å². The summed E-state index contributed by atoms with van der Waals surface area (Å²) in [4.78, 5) is 0. The van der Waals surface area contributed by atoms with Gasteiger partial charge in [0.05, 0.1) is 15.9 Å². The number of hydrogen-bond acceptors (Lipinski definition) is 1. The first-order chi connectivity index (χ1) is 8.61. The molecule has 1 aliphatic rings. The normalized spacial score (nSPS) is 25.1. The van der Waals surface area contributed by atoms with Crippen LogP contribution in [0.5, 0.6) is 0 Å². The van der Waals surface area contributed by atoms with Crippen molar-refractivity contribution >= 4 is 27.5 Å². The smallest absolute Gasteiger partial charge is 0.0766 e. The molecule has 1 aromatic rings. The lowest BCUT2D eigenvalue weighted by atomic mass is 9.94. The Balaban J connectivity index is 2.10. The lowest BCUT2D eigenvalue weighted by Crippen LogP contribution is -2.11. The molecule has 2 unspecified atom stereocenters. The van der Waals surface area contributed by atoms with E-state index in [1.54, 1.807) is 0 Å². The summed E-state index contributed by atoms with van der Waals surface area (Å²) < 4.78 is 3.25. The number of hydrogen-bond donors (Lipinski definition) is 0. The Morgan fingerprint density at radius 2 is 2.11 bits per heavy atom. The fourth-order valence-corrected chi connectivity index (χ4v) is 4.08. The minimum absolute atomic E-state index is 0.371. The summed E-state index contributed by atoms with van der Waals surface area (Å²) in [6, 6.07) is 0. The molecule has 2 nitrogen and oxygen atoms in total. The maximum Gasteiger partial charge on any atom is 0.0766 e. The van der Waals surface area contributed by atoms with Crippen molar-refractivity contribution in [3.8, 4) is 0 Å². The van der Waals surface area contributed by atoms with Crippen molar-refractivity contribution < 1.29 is 0 Å². The predicted octanol–water partition coefficient (Wildman–Crippen LogP) is 4.48. The summed E-state index contributed by atoms with van der Waals surface area (Å²) >= 11 is 10.1. The Morgan fingerprint density at radius 1 is 1.39 bits per heavy atom. The molecule has 0 aliphatic heterocycles. The number of alkyl halides is 1. The summed E-state index contributed by atoms with van der Waals surface area (Å²) in [6.07, 6.45) is 8.35. The Hall–Kier alpha value is -0.0200. The first kappa shape index (κ1) is 14.4. The van der Waals surface area contributed by atoms with E-state index >= 15 is 0 Å². The summed E-state index contributed by atoms with van der Waals surface area (Å²) in [6.45, 7) is 2.15. The van der Waals surface area contributed by atoms with Crippen LogP contribution in [0.2, 0.25) is 0 Å². The molecule has 1 saturated carbocycles. The van der Waals surface area contributed by atoms with Crippen LogP contribution in [0.1, 0.15) is 50.4 Å². The molecule has 102 valence electrons. The van der Waals surface area contributed by atoms with Crippen LogP contribution in [0.25, 0.3) is 0 Å². The van der Waals surface area contributed by atoms with Crippen molar-refractivity contribution in [1.82, 2.24) is 9.78 Å². The van der Waals surface area contributed by atoms with Crippen molar-refractivity contribution in [1.29, 1.82) is 0 Å². The quantitative estimate of drug-likeness (QED) is 0.589. The molecule has 1 aromatic heterocycles. The lowest BCUT2D eigenvalue weighted by Gasteiger charge is -2.16. The molecule has 18 heavy (non-hydrogen) atoms. The summed E-state index contributed by atoms with van der Waals surface area (Å²) in [7, 11) is 2.05. The van der Waals surface area contributed by atoms with Gasteiger partial charge in [0, 0.05) is 12.4 Å². The van der Waals surface area contributed by atoms with Crippen molar-refractivity contribution in [2.24, 2.45) is 13.0 Å². The average molecular weight is 334 g/mol. The zero-order chi connectivity index (χ0) is 13.1. The third-order valence-electron chi connectivity index (χ3n) is 3.95. The summed E-state index contributed by atoms with van der Waals surface area (Å²) in [5, 5.41) is 4.94. The number of aryl methyl sites for hydroxylation is 2. The van der Waals surface area contributed by atoms with Crippen LogP contribution in [0.3, 0.4) is 0 Å². The van der Waals surface area contributed by atoms with Crippen LogP contribution in [-0.4, -0.2) is 15.2 Å². The highest BCUT2D eigenvalue weighted by Gasteiger charge is 2.22. The molecule has 0 bridgehead atoms. The molecule has 0 saturated heterocycles. The van der Waals surface area contributed by atoms with Crippen molar-refractivity contribution in [2.75, 3.05) is 0 Å². The second-order valence-electron chi connectivity index (χ2n) is 5.37. The van der Waals surface area contributed by atoms with Crippen molar-refractivity contribution in [3.63, 3.8) is 0 Å². The van der Waals surface area contributed by atoms with Gasteiger partial charge in [0.1, 0.15) is 0 Å². The molecule has 2 atom stereocenters. The van der Waals surface area contributed by atoms with Gasteiger partial charge in [0.2, 0.25) is 0 Å². The molecular weight excluding hydrogens is 312 g/mol. The predicted molar refractivity (Wildman–Crippen MR) is 80.2 cm³/mol. The van der Waals surface area contributed by atoms with Gasteiger partial charge in [-0.25, -0.2) is 0 Å². The highest BCUT2D eigenvalue weighted by atomic mass is 79.9. The number of halogens is 2. The maximum absolute atomic E-state index is 6.36. The van der Waals surface area contributed by atoms with E-state index in [1.807, 2.05) is 11.7 Å². The molecule has 2 rings (SSSR count). The number of nitrogens with zero attached hydrogens (tertiary/aromatic N) is 2. The fraction of sp³-hybridized carbons (Fsp3) is 0.786. The van der Waals surface area contributed by atoms with Gasteiger partial charge < -0.3 is 0 Å². The minimum atomic E-state index is 0.371. The van der Waals surface area contributed by atoms with Gasteiger partial charge in [-0.05, 0) is 47.5 Å². The van der Waals surface area contributed by atoms with Gasteiger partial charge in [-0.1, -0.05) is 26.2 Å². The molecule has 0 amide bonds. The van der Waals surface area contributed by atoms with Crippen LogP contribution in [-0.2, 0) is 19.9 Å². The van der Waals surface area contributed by atoms with Gasteiger partial charge in [-0.2, -0.15) is 5.10 Å². The van der Waals surface area contributed by atoms with Gasteiger partial charge in [-0.3, -0.25) is 4.68 Å². The van der Waals surface area contributed by atoms with Gasteiger partial charge >= 0.3 is 0 Å². The van der Waals surface area contributed by atoms with E-state index in [4.69, 9.17) is 11.6 Å². The highest BCUT2D eigenvalue weighted by Crippen LogP contribution is 2.31. The third kappa shape index (κ3) is 3.30. The van der Waals surface area contributed by atoms with Crippen LogP contribution < -0.4 is 0 Å². The molecule has 0 spiro atoms. The molecule has 1 fully saturated rings. The SMILES string of the molecule is CCc1nn(C)c(CC2CCCCC(Cl)C2)c1Br. The van der Waals surface area contributed by atoms with Gasteiger partial charge in [0.15, 0.2) is 0 Å². The Labute approximate surface area is 123 Å². The summed E-state index contributed by atoms with van der Waals surface area (Å²) in [5.41, 5.74) is 2.51. The highest BCUT2D eigenvalue weighted by molar-refractivity contribution is 9.10. The van der Waals surface area contributed by atoms with E-state index in [1.165, 1.54) is 41.5 Å². The van der Waals surface area contributed by atoms with E-state index < -0.39 is 0 Å². The van der Waals surface area contributed by atoms with Crippen LogP contribution in [0, 0.1) is 5.92 Å². The molecule has 1 aliphatic carbocycles. The first-order valence-electron chi connectivity index (χ1n) is 6.96. The zero-order valence-electron chi connectivity index (χ0n) is 11.3. The molecule has 4 heteroatoms. The Bertz CT molecular complexity index is 403. The standard InChI is InChI=1S/C14H22BrClN2/c1-3-12-14(15)13(18(2)17-12)9-10-6-4-5-7-11(16)8-10/h10-11H,3-9H2,1-2H3. The first-order valence-corrected chi connectivity index (χ1v) is 8.19. The van der Waals surface area contributed by atoms with E-state index in [9.17, 15) is 0 Å². The Morgan fingerprint density at radius 3 is 2.78 bits per heavy atom. The number of rotatable bonds is 3. The molecule has 0 radical (unpaired) electrons. The second-order valence-corrected chi connectivity index (χ2v) is 6.78. The summed E-state index contributed by atoms with van der Waals surface area (Å²) in [5.74, 6) is 0.714. The second kappa shape index (κ2) is 6.42. The van der Waals surface area contributed by atoms with Crippen molar-refractivity contribution in [2.45, 2.75) is 57.2 Å². The van der Waals surface area contributed by atoms with Crippen LogP contribution in [0.15, 0.2) is 4.47 Å². The largest absolute Gasteiger partial charge is 0.271 e. The Kier molecular flexibility index (Phi) is 5.14. The molecule has 0 aromatic carbocycles. The molecule has 0 N–H and O–H groups in total. The zero-order valence-corrected chi connectivity index (χ0v) is 13.6. The maximum atomic E-state index is 6.36. The van der Waals surface area contributed by atoms with Gasteiger partial charge in [-0.15, -0.1) is 11.6 Å². The van der Waals surface area contributed by atoms with E-state index in [2.05, 4.69) is 28.0 Å². The van der Waals surface area contributed by atoms with Gasteiger partial charge in [0.25, 0.3) is 0 Å². The average Bonchev–Trinajstić information content (AvgIpc) is 2.53. The minimum Gasteiger partial charge on any atom is -0.271 e.